The molecule has 2 rings (SSSR count). The molecule has 5 N–H and O–H groups in total. The molecule has 0 aliphatic carbocycles. The van der Waals surface area contributed by atoms with E-state index >= 15 is 0 Å². The van der Waals surface area contributed by atoms with E-state index in [1.165, 1.54) is 16.8 Å². The fourth-order valence-electron chi connectivity index (χ4n) is 2.43. The molecule has 1 aromatic heterocycles. The SMILES string of the molecule is NCC[C@]1(n2ccc(=O)[nH]c2=O)C[C@H](O)[C@@H](CO)O1. The van der Waals surface area contributed by atoms with Crippen molar-refractivity contribution in [2.45, 2.75) is 30.8 Å². The number of hydrogen-bond acceptors (Lipinski definition) is 6. The Kier molecular flexibility index (Phi) is 3.85. The third-order valence-corrected chi connectivity index (χ3v) is 3.31. The zero-order valence-corrected chi connectivity index (χ0v) is 10.3. The molecule has 0 aromatic carbocycles. The molecule has 106 valence electrons. The van der Waals surface area contributed by atoms with E-state index in [2.05, 4.69) is 4.98 Å². The smallest absolute Gasteiger partial charge is 0.330 e. The molecule has 8 nitrogen and oxygen atoms in total. The van der Waals surface area contributed by atoms with Crippen LogP contribution < -0.4 is 17.0 Å². The lowest BCUT2D eigenvalue weighted by Crippen LogP contribution is -2.45. The van der Waals surface area contributed by atoms with E-state index in [0.29, 0.717) is 0 Å². The van der Waals surface area contributed by atoms with Gasteiger partial charge in [-0.2, -0.15) is 0 Å². The highest BCUT2D eigenvalue weighted by Crippen LogP contribution is 2.36. The predicted octanol–water partition coefficient (Wildman–Crippen LogP) is -2.32. The van der Waals surface area contributed by atoms with E-state index in [0.717, 1.165) is 0 Å². The van der Waals surface area contributed by atoms with Crippen LogP contribution >= 0.6 is 0 Å². The number of aromatic amines is 1. The minimum Gasteiger partial charge on any atom is -0.394 e. The summed E-state index contributed by atoms with van der Waals surface area (Å²) in [5.74, 6) is 0. The van der Waals surface area contributed by atoms with Crippen LogP contribution in [0.2, 0.25) is 0 Å². The molecule has 1 fully saturated rings. The summed E-state index contributed by atoms with van der Waals surface area (Å²) >= 11 is 0. The second-order valence-electron chi connectivity index (χ2n) is 4.58. The van der Waals surface area contributed by atoms with Crippen molar-refractivity contribution in [3.05, 3.63) is 33.1 Å². The largest absolute Gasteiger partial charge is 0.394 e. The second kappa shape index (κ2) is 5.25. The highest BCUT2D eigenvalue weighted by atomic mass is 16.6. The first-order valence-electron chi connectivity index (χ1n) is 6.02. The normalized spacial score (nSPS) is 30.7. The van der Waals surface area contributed by atoms with E-state index in [4.69, 9.17) is 15.6 Å². The molecule has 1 aliphatic rings. The maximum atomic E-state index is 11.9. The average Bonchev–Trinajstić information content (AvgIpc) is 2.66. The Balaban J connectivity index is 2.46. The number of nitrogens with one attached hydrogen (secondary N) is 1. The van der Waals surface area contributed by atoms with Crippen LogP contribution in [0.3, 0.4) is 0 Å². The van der Waals surface area contributed by atoms with Crippen LogP contribution in [0, 0.1) is 0 Å². The molecule has 0 amide bonds. The number of aliphatic hydroxyl groups excluding tert-OH is 2. The van der Waals surface area contributed by atoms with Gasteiger partial charge in [0.25, 0.3) is 5.56 Å². The lowest BCUT2D eigenvalue weighted by Gasteiger charge is -2.30. The summed E-state index contributed by atoms with van der Waals surface area (Å²) < 4.78 is 6.83. The Labute approximate surface area is 108 Å². The summed E-state index contributed by atoms with van der Waals surface area (Å²) in [7, 11) is 0. The molecule has 8 heteroatoms. The number of H-pyrrole nitrogens is 1. The van der Waals surface area contributed by atoms with Gasteiger partial charge in [-0.3, -0.25) is 14.3 Å². The van der Waals surface area contributed by atoms with Crippen molar-refractivity contribution < 1.29 is 14.9 Å². The molecule has 0 radical (unpaired) electrons. The molecule has 1 aromatic rings. The van der Waals surface area contributed by atoms with E-state index < -0.39 is 29.2 Å². The molecular formula is C11H17N3O5. The Hall–Kier alpha value is -1.48. The molecule has 0 saturated carbocycles. The number of nitrogens with zero attached hydrogens (tertiary/aromatic N) is 1. The summed E-state index contributed by atoms with van der Waals surface area (Å²) in [4.78, 5) is 25.1. The molecule has 0 spiro atoms. The summed E-state index contributed by atoms with van der Waals surface area (Å²) in [5, 5.41) is 19.0. The van der Waals surface area contributed by atoms with Crippen LogP contribution in [-0.4, -0.2) is 45.1 Å². The van der Waals surface area contributed by atoms with E-state index in [1.807, 2.05) is 0 Å². The molecule has 1 aliphatic heterocycles. The van der Waals surface area contributed by atoms with Gasteiger partial charge in [-0.15, -0.1) is 0 Å². The standard InChI is InChI=1S/C11H17N3O5/c12-3-2-11(5-7(16)8(6-15)19-11)14-4-1-9(17)13-10(14)18/h1,4,7-8,15-16H,2-3,5-6,12H2,(H,13,17,18)/t7-,8+,11+/m0/s1. The van der Waals surface area contributed by atoms with Crippen molar-refractivity contribution in [2.24, 2.45) is 5.73 Å². The van der Waals surface area contributed by atoms with Crippen molar-refractivity contribution in [3.8, 4) is 0 Å². The van der Waals surface area contributed by atoms with E-state index in [9.17, 15) is 14.7 Å². The lowest BCUT2D eigenvalue weighted by molar-refractivity contribution is -0.122. The highest BCUT2D eigenvalue weighted by molar-refractivity contribution is 4.96. The molecule has 2 heterocycles. The first kappa shape index (κ1) is 13.9. The quantitative estimate of drug-likeness (QED) is 0.486. The predicted molar refractivity (Wildman–Crippen MR) is 65.6 cm³/mol. The van der Waals surface area contributed by atoms with Gasteiger partial charge < -0.3 is 20.7 Å². The zero-order chi connectivity index (χ0) is 14.0. The van der Waals surface area contributed by atoms with Gasteiger partial charge in [0.1, 0.15) is 6.10 Å². The monoisotopic (exact) mass is 271 g/mol. The Morgan fingerprint density at radius 3 is 2.84 bits per heavy atom. The Morgan fingerprint density at radius 2 is 2.32 bits per heavy atom. The van der Waals surface area contributed by atoms with Crippen molar-refractivity contribution in [1.29, 1.82) is 0 Å². The molecule has 0 bridgehead atoms. The van der Waals surface area contributed by atoms with Crippen LogP contribution in [0.5, 0.6) is 0 Å². The number of rotatable bonds is 4. The molecule has 3 atom stereocenters. The number of ether oxygens (including phenoxy) is 1. The van der Waals surface area contributed by atoms with Gasteiger partial charge in [-0.1, -0.05) is 0 Å². The molecule has 1 saturated heterocycles. The van der Waals surface area contributed by atoms with E-state index in [-0.39, 0.29) is 26.0 Å². The second-order valence-corrected chi connectivity index (χ2v) is 4.58. The number of nitrogens with two attached hydrogens (primary N) is 1. The minimum atomic E-state index is -1.14. The highest BCUT2D eigenvalue weighted by Gasteiger charge is 2.47. The van der Waals surface area contributed by atoms with Crippen LogP contribution in [0.15, 0.2) is 21.9 Å². The Bertz CT molecular complexity index is 554. The topological polar surface area (TPSA) is 131 Å². The summed E-state index contributed by atoms with van der Waals surface area (Å²) in [6, 6.07) is 1.20. The summed E-state index contributed by atoms with van der Waals surface area (Å²) in [6.45, 7) is -0.123. The van der Waals surface area contributed by atoms with Gasteiger partial charge in [0.2, 0.25) is 0 Å². The third kappa shape index (κ3) is 2.47. The number of aliphatic hydroxyl groups is 2. The first-order valence-corrected chi connectivity index (χ1v) is 6.02. The maximum Gasteiger partial charge on any atom is 0.330 e. The first-order chi connectivity index (χ1) is 9.02. The van der Waals surface area contributed by atoms with Gasteiger partial charge in [0.15, 0.2) is 5.72 Å². The van der Waals surface area contributed by atoms with Gasteiger partial charge in [-0.25, -0.2) is 4.79 Å². The number of hydrogen-bond donors (Lipinski definition) is 4. The number of aromatic nitrogens is 2. The van der Waals surface area contributed by atoms with Crippen LogP contribution in [0.1, 0.15) is 12.8 Å². The molecule has 19 heavy (non-hydrogen) atoms. The fraction of sp³-hybridized carbons (Fsp3) is 0.636. The average molecular weight is 271 g/mol. The van der Waals surface area contributed by atoms with Crippen molar-refractivity contribution in [3.63, 3.8) is 0 Å². The fourth-order valence-corrected chi connectivity index (χ4v) is 2.43. The van der Waals surface area contributed by atoms with Crippen molar-refractivity contribution in [1.82, 2.24) is 9.55 Å². The van der Waals surface area contributed by atoms with Crippen molar-refractivity contribution >= 4 is 0 Å². The molecular weight excluding hydrogens is 254 g/mol. The van der Waals surface area contributed by atoms with Crippen molar-refractivity contribution in [2.75, 3.05) is 13.2 Å². The van der Waals surface area contributed by atoms with E-state index in [1.54, 1.807) is 0 Å². The van der Waals surface area contributed by atoms with Gasteiger partial charge in [0.05, 0.1) is 12.7 Å². The third-order valence-electron chi connectivity index (χ3n) is 3.31. The Morgan fingerprint density at radius 1 is 1.58 bits per heavy atom. The van der Waals surface area contributed by atoms with Gasteiger partial charge >= 0.3 is 5.69 Å². The van der Waals surface area contributed by atoms with Crippen LogP contribution in [0.4, 0.5) is 0 Å². The van der Waals surface area contributed by atoms with Gasteiger partial charge in [0, 0.05) is 25.1 Å². The summed E-state index contributed by atoms with van der Waals surface area (Å²) in [5.41, 5.74) is 3.25. The van der Waals surface area contributed by atoms with Crippen LogP contribution in [0.25, 0.3) is 0 Å². The summed E-state index contributed by atoms with van der Waals surface area (Å²) in [6.07, 6.45) is 0.0535. The minimum absolute atomic E-state index is 0.126. The zero-order valence-electron chi connectivity index (χ0n) is 10.3. The van der Waals surface area contributed by atoms with Gasteiger partial charge in [-0.05, 0) is 6.54 Å². The molecule has 0 unspecified atom stereocenters. The maximum absolute atomic E-state index is 11.9. The van der Waals surface area contributed by atoms with Crippen LogP contribution in [-0.2, 0) is 10.5 Å². The lowest BCUT2D eigenvalue weighted by atomic mass is 10.0.